The number of nitrogens with one attached hydrogen (secondary N) is 1. The van der Waals surface area contributed by atoms with E-state index in [4.69, 9.17) is 21.1 Å². The van der Waals surface area contributed by atoms with Crippen LogP contribution < -0.4 is 15.5 Å². The SMILES string of the molecule is CCOC(=O)c1cn(Cc2c(F)cccc2F)c2ccc(Oc3ccc(C(=O)NC)cc3)c(CCl)c2c1=O. The highest BCUT2D eigenvalue weighted by molar-refractivity contribution is 6.18. The Morgan fingerprint density at radius 1 is 1.00 bits per heavy atom. The van der Waals surface area contributed by atoms with E-state index in [0.717, 1.165) is 12.1 Å². The second-order valence-corrected chi connectivity index (χ2v) is 8.46. The maximum Gasteiger partial charge on any atom is 0.343 e. The van der Waals surface area contributed by atoms with Crippen LogP contribution in [-0.4, -0.2) is 30.1 Å². The number of esters is 1. The van der Waals surface area contributed by atoms with Crippen molar-refractivity contribution >= 4 is 34.4 Å². The lowest BCUT2D eigenvalue weighted by Gasteiger charge is -2.18. The zero-order chi connectivity index (χ0) is 27.4. The molecule has 0 aliphatic carbocycles. The molecular formula is C28H23ClF2N2O5. The Labute approximate surface area is 221 Å². The van der Waals surface area contributed by atoms with Crippen LogP contribution in [0, 0.1) is 11.6 Å². The van der Waals surface area contributed by atoms with Gasteiger partial charge >= 0.3 is 5.97 Å². The summed E-state index contributed by atoms with van der Waals surface area (Å²) in [6, 6.07) is 12.9. The van der Waals surface area contributed by atoms with E-state index in [2.05, 4.69) is 5.32 Å². The first kappa shape index (κ1) is 26.8. The molecule has 0 aliphatic rings. The van der Waals surface area contributed by atoms with Gasteiger partial charge in [-0.15, -0.1) is 11.6 Å². The summed E-state index contributed by atoms with van der Waals surface area (Å²) in [4.78, 5) is 38.0. The Hall–Kier alpha value is -4.24. The molecule has 1 amide bonds. The molecule has 4 rings (SSSR count). The molecular weight excluding hydrogens is 518 g/mol. The summed E-state index contributed by atoms with van der Waals surface area (Å²) >= 11 is 6.27. The molecule has 1 aromatic heterocycles. The number of hydrogen-bond donors (Lipinski definition) is 1. The summed E-state index contributed by atoms with van der Waals surface area (Å²) in [5.41, 5.74) is -0.203. The highest BCUT2D eigenvalue weighted by atomic mass is 35.5. The van der Waals surface area contributed by atoms with E-state index in [1.807, 2.05) is 0 Å². The lowest BCUT2D eigenvalue weighted by Crippen LogP contribution is -2.22. The number of amides is 1. The van der Waals surface area contributed by atoms with Gasteiger partial charge in [0.1, 0.15) is 28.7 Å². The molecule has 4 aromatic rings. The monoisotopic (exact) mass is 540 g/mol. The molecule has 7 nitrogen and oxygen atoms in total. The number of carbonyl (C=O) groups is 2. The van der Waals surface area contributed by atoms with E-state index in [-0.39, 0.29) is 52.8 Å². The maximum atomic E-state index is 14.5. The third kappa shape index (κ3) is 5.24. The number of fused-ring (bicyclic) bond motifs is 1. The minimum Gasteiger partial charge on any atom is -0.462 e. The third-order valence-corrected chi connectivity index (χ3v) is 6.17. The van der Waals surface area contributed by atoms with Crippen LogP contribution in [0.3, 0.4) is 0 Å². The molecule has 3 aromatic carbocycles. The van der Waals surface area contributed by atoms with Gasteiger partial charge in [-0.1, -0.05) is 6.07 Å². The molecule has 0 saturated heterocycles. The molecule has 0 atom stereocenters. The van der Waals surface area contributed by atoms with Crippen molar-refractivity contribution < 1.29 is 27.8 Å². The summed E-state index contributed by atoms with van der Waals surface area (Å²) in [5, 5.41) is 2.59. The number of carbonyl (C=O) groups excluding carboxylic acids is 2. The van der Waals surface area contributed by atoms with Gasteiger partial charge in [-0.3, -0.25) is 9.59 Å². The van der Waals surface area contributed by atoms with Gasteiger partial charge < -0.3 is 19.4 Å². The van der Waals surface area contributed by atoms with Crippen molar-refractivity contribution in [2.24, 2.45) is 0 Å². The first-order valence-corrected chi connectivity index (χ1v) is 12.2. The Bertz CT molecular complexity index is 1570. The van der Waals surface area contributed by atoms with Gasteiger partial charge in [0.15, 0.2) is 0 Å². The van der Waals surface area contributed by atoms with Crippen LogP contribution in [0.25, 0.3) is 10.9 Å². The standard InChI is InChI=1S/C28H23ClF2N2O5/c1-3-37-28(36)20-15-33(14-19-21(30)5-4-6-22(19)31)23-11-12-24(18(13-29)25(23)26(20)34)38-17-9-7-16(8-10-17)27(35)32-2/h4-12,15H,3,13-14H2,1-2H3,(H,32,35). The van der Waals surface area contributed by atoms with Crippen LogP contribution in [0.15, 0.2) is 65.6 Å². The molecule has 0 radical (unpaired) electrons. The summed E-state index contributed by atoms with van der Waals surface area (Å²) < 4.78 is 41.4. The average Bonchev–Trinajstić information content (AvgIpc) is 2.91. The van der Waals surface area contributed by atoms with Crippen molar-refractivity contribution in [3.8, 4) is 11.5 Å². The zero-order valence-corrected chi connectivity index (χ0v) is 21.3. The number of hydrogen-bond acceptors (Lipinski definition) is 5. The maximum absolute atomic E-state index is 14.5. The number of alkyl halides is 1. The van der Waals surface area contributed by atoms with Crippen molar-refractivity contribution in [1.29, 1.82) is 0 Å². The Morgan fingerprint density at radius 2 is 1.68 bits per heavy atom. The smallest absolute Gasteiger partial charge is 0.343 e. The van der Waals surface area contributed by atoms with Gasteiger partial charge in [0.25, 0.3) is 5.91 Å². The molecule has 0 aliphatic heterocycles. The number of halogens is 3. The number of rotatable bonds is 8. The van der Waals surface area contributed by atoms with Crippen LogP contribution in [0.2, 0.25) is 0 Å². The number of pyridine rings is 1. The summed E-state index contributed by atoms with van der Waals surface area (Å²) in [6.07, 6.45) is 1.23. The first-order chi connectivity index (χ1) is 18.3. The van der Waals surface area contributed by atoms with Crippen LogP contribution in [0.4, 0.5) is 8.78 Å². The molecule has 0 fully saturated rings. The number of benzene rings is 3. The van der Waals surface area contributed by atoms with Gasteiger partial charge in [0.2, 0.25) is 5.43 Å². The number of nitrogens with zero attached hydrogens (tertiary/aromatic N) is 1. The van der Waals surface area contributed by atoms with Crippen LogP contribution in [0.1, 0.15) is 38.8 Å². The molecule has 0 unspecified atom stereocenters. The molecule has 1 N–H and O–H groups in total. The summed E-state index contributed by atoms with van der Waals surface area (Å²) in [7, 11) is 1.52. The predicted molar refractivity (Wildman–Crippen MR) is 139 cm³/mol. The Balaban J connectivity index is 1.89. The second kappa shape index (κ2) is 11.4. The van der Waals surface area contributed by atoms with Crippen molar-refractivity contribution in [3.63, 3.8) is 0 Å². The predicted octanol–water partition coefficient (Wildman–Crippen LogP) is 5.40. The zero-order valence-electron chi connectivity index (χ0n) is 20.5. The molecule has 10 heteroatoms. The highest BCUT2D eigenvalue weighted by Crippen LogP contribution is 2.32. The normalized spacial score (nSPS) is 10.9. The number of ether oxygens (including phenoxy) is 2. The van der Waals surface area contributed by atoms with Crippen molar-refractivity contribution in [3.05, 3.63) is 105 Å². The second-order valence-electron chi connectivity index (χ2n) is 8.20. The highest BCUT2D eigenvalue weighted by Gasteiger charge is 2.22. The van der Waals surface area contributed by atoms with E-state index in [0.29, 0.717) is 16.8 Å². The first-order valence-electron chi connectivity index (χ1n) is 11.6. The molecule has 0 bridgehead atoms. The minimum atomic E-state index is -0.876. The van der Waals surface area contributed by atoms with Crippen LogP contribution in [0.5, 0.6) is 11.5 Å². The van der Waals surface area contributed by atoms with Crippen LogP contribution in [-0.2, 0) is 17.2 Å². The largest absolute Gasteiger partial charge is 0.462 e. The quantitative estimate of drug-likeness (QED) is 0.239. The van der Waals surface area contributed by atoms with Gasteiger partial charge in [0.05, 0.1) is 29.9 Å². The van der Waals surface area contributed by atoms with E-state index in [9.17, 15) is 23.2 Å². The fraction of sp³-hybridized carbons (Fsp3) is 0.179. The summed E-state index contributed by atoms with van der Waals surface area (Å²) in [6.45, 7) is 1.32. The third-order valence-electron chi connectivity index (χ3n) is 5.90. The van der Waals surface area contributed by atoms with Gasteiger partial charge in [-0.05, 0) is 55.5 Å². The molecule has 0 spiro atoms. The molecule has 1 heterocycles. The fourth-order valence-corrected chi connectivity index (χ4v) is 4.31. The van der Waals surface area contributed by atoms with E-state index in [1.54, 1.807) is 43.3 Å². The van der Waals surface area contributed by atoms with E-state index < -0.39 is 23.0 Å². The Kier molecular flexibility index (Phi) is 8.07. The van der Waals surface area contributed by atoms with Crippen molar-refractivity contribution in [1.82, 2.24) is 9.88 Å². The topological polar surface area (TPSA) is 86.6 Å². The van der Waals surface area contributed by atoms with Gasteiger partial charge in [0, 0.05) is 29.9 Å². The lowest BCUT2D eigenvalue weighted by atomic mass is 10.0. The van der Waals surface area contributed by atoms with Crippen LogP contribution >= 0.6 is 11.6 Å². The average molecular weight is 541 g/mol. The lowest BCUT2D eigenvalue weighted by molar-refractivity contribution is 0.0524. The van der Waals surface area contributed by atoms with Crippen molar-refractivity contribution in [2.75, 3.05) is 13.7 Å². The van der Waals surface area contributed by atoms with Gasteiger partial charge in [-0.25, -0.2) is 13.6 Å². The van der Waals surface area contributed by atoms with Crippen molar-refractivity contribution in [2.45, 2.75) is 19.3 Å². The van der Waals surface area contributed by atoms with E-state index in [1.165, 1.54) is 23.9 Å². The fourth-order valence-electron chi connectivity index (χ4n) is 4.04. The molecule has 196 valence electrons. The minimum absolute atomic E-state index is 0.0236. The van der Waals surface area contributed by atoms with Gasteiger partial charge in [-0.2, -0.15) is 0 Å². The molecule has 38 heavy (non-hydrogen) atoms. The number of aromatic nitrogens is 1. The summed E-state index contributed by atoms with van der Waals surface area (Å²) in [5.74, 6) is -2.24. The van der Waals surface area contributed by atoms with E-state index >= 15 is 0 Å². The molecule has 0 saturated carbocycles. The Morgan fingerprint density at radius 3 is 2.29 bits per heavy atom.